The minimum Gasteiger partial charge on any atom is -0.315 e. The Hall–Kier alpha value is -2.96. The smallest absolute Gasteiger partial charge is 0.315 e. The summed E-state index contributed by atoms with van der Waals surface area (Å²) in [6, 6.07) is 13.0. The number of amides is 1. The van der Waals surface area contributed by atoms with Crippen molar-refractivity contribution in [3.05, 3.63) is 82.5 Å². The van der Waals surface area contributed by atoms with Crippen LogP contribution in [0.3, 0.4) is 0 Å². The van der Waals surface area contributed by atoms with E-state index in [4.69, 9.17) is 14.6 Å². The third-order valence-electron chi connectivity index (χ3n) is 4.75. The number of benzene rings is 1. The molecule has 3 atom stereocenters. The van der Waals surface area contributed by atoms with Crippen molar-refractivity contribution in [2.45, 2.75) is 31.7 Å². The van der Waals surface area contributed by atoms with Crippen LogP contribution in [0.15, 0.2) is 65.9 Å². The lowest BCUT2D eigenvalue weighted by Gasteiger charge is -2.48. The summed E-state index contributed by atoms with van der Waals surface area (Å²) in [5.41, 5.74) is 10.2. The van der Waals surface area contributed by atoms with E-state index < -0.39 is 31.4 Å². The lowest BCUT2D eigenvalue weighted by atomic mass is 9.94. The first-order valence-electron chi connectivity index (χ1n) is 9.95. The second kappa shape index (κ2) is 10.4. The summed E-state index contributed by atoms with van der Waals surface area (Å²) in [4.78, 5) is 21.5. The van der Waals surface area contributed by atoms with Crippen LogP contribution in [-0.2, 0) is 18.4 Å². The molecule has 0 radical (unpaired) electrons. The molecule has 1 aromatic carbocycles. The highest BCUT2D eigenvalue weighted by Gasteiger charge is 2.55. The second-order valence-electron chi connectivity index (χ2n) is 6.66. The van der Waals surface area contributed by atoms with Crippen molar-refractivity contribution < 1.29 is 18.4 Å². The van der Waals surface area contributed by atoms with Crippen molar-refractivity contribution in [3.63, 3.8) is 0 Å². The molecule has 2 heterocycles. The Morgan fingerprint density at radius 1 is 1.19 bits per heavy atom. The number of likely N-dealkylation sites (tertiary alicyclic amines) is 1. The van der Waals surface area contributed by atoms with E-state index >= 15 is 0 Å². The summed E-state index contributed by atoms with van der Waals surface area (Å²) >= 11 is 0. The molecule has 1 aliphatic heterocycles. The molecule has 3 rings (SSSR count). The maximum absolute atomic E-state index is 13.8. The quantitative estimate of drug-likeness (QED) is 0.170. The number of carbonyl (C=O) groups excluding carboxylic acids is 1. The van der Waals surface area contributed by atoms with E-state index in [0.29, 0.717) is 5.69 Å². The summed E-state index contributed by atoms with van der Waals surface area (Å²) in [7, 11) is -3.81. The lowest BCUT2D eigenvalue weighted by molar-refractivity contribution is -0.148. The zero-order chi connectivity index (χ0) is 22.3. The molecular weight excluding hydrogens is 417 g/mol. The van der Waals surface area contributed by atoms with Gasteiger partial charge in [-0.3, -0.25) is 14.3 Å². The third-order valence-corrected chi connectivity index (χ3v) is 7.10. The van der Waals surface area contributed by atoms with Crippen molar-refractivity contribution in [1.29, 1.82) is 0 Å². The van der Waals surface area contributed by atoms with Crippen molar-refractivity contribution in [2.75, 3.05) is 13.2 Å². The molecule has 2 aromatic rings. The number of nitrogens with zero attached hydrogens (tertiary/aromatic N) is 5. The standard InChI is InChI=1S/C21H24N5O4P/c1-3-29-31(28,30-4-2)21(17-12-8-9-15-23-17)26-18(19(20(26)27)24-25-22)14-13-16-10-6-5-7-11-16/h5-15,18-19,21H,3-4H2,1-2H3/b14-13+/t18-,19+,21?/m1/s1. The molecule has 1 aliphatic rings. The SMILES string of the molecule is CCOP(=O)(OCC)C(c1ccccn1)N1C(=O)[C@@H](N=[N+]=[N-])[C@H]1/C=C/c1ccccc1. The Balaban J connectivity index is 2.06. The molecule has 1 unspecified atom stereocenters. The van der Waals surface area contributed by atoms with E-state index in [1.165, 1.54) is 4.90 Å². The first kappa shape index (κ1) is 22.7. The van der Waals surface area contributed by atoms with Crippen molar-refractivity contribution >= 4 is 19.6 Å². The molecule has 162 valence electrons. The van der Waals surface area contributed by atoms with Gasteiger partial charge in [0.25, 0.3) is 0 Å². The van der Waals surface area contributed by atoms with E-state index in [9.17, 15) is 9.36 Å². The van der Waals surface area contributed by atoms with Crippen LogP contribution in [-0.4, -0.2) is 41.1 Å². The first-order chi connectivity index (χ1) is 15.1. The lowest BCUT2D eigenvalue weighted by Crippen LogP contribution is -2.63. The fourth-order valence-electron chi connectivity index (χ4n) is 3.47. The molecule has 0 spiro atoms. The van der Waals surface area contributed by atoms with E-state index in [1.807, 2.05) is 36.4 Å². The first-order valence-corrected chi connectivity index (χ1v) is 11.6. The zero-order valence-electron chi connectivity index (χ0n) is 17.3. The van der Waals surface area contributed by atoms with Gasteiger partial charge in [-0.2, -0.15) is 0 Å². The van der Waals surface area contributed by atoms with Crippen molar-refractivity contribution in [1.82, 2.24) is 9.88 Å². The van der Waals surface area contributed by atoms with Crippen LogP contribution >= 0.6 is 7.60 Å². The third kappa shape index (κ3) is 4.86. The van der Waals surface area contributed by atoms with Crippen LogP contribution in [0, 0.1) is 0 Å². The van der Waals surface area contributed by atoms with Crippen molar-refractivity contribution in [2.24, 2.45) is 5.11 Å². The minimum absolute atomic E-state index is 0.132. The highest BCUT2D eigenvalue weighted by molar-refractivity contribution is 7.54. The van der Waals surface area contributed by atoms with Crippen LogP contribution in [0.25, 0.3) is 16.5 Å². The summed E-state index contributed by atoms with van der Waals surface area (Å²) in [6.45, 7) is 3.67. The summed E-state index contributed by atoms with van der Waals surface area (Å²) < 4.78 is 24.9. The molecule has 1 amide bonds. The van der Waals surface area contributed by atoms with Crippen LogP contribution in [0.1, 0.15) is 30.9 Å². The number of aromatic nitrogens is 1. The Bertz CT molecular complexity index is 1000. The molecule has 1 aromatic heterocycles. The number of β-lactam (4-membered cyclic amide) rings is 1. The predicted molar refractivity (Wildman–Crippen MR) is 117 cm³/mol. The van der Waals surface area contributed by atoms with Gasteiger partial charge < -0.3 is 13.9 Å². The number of azide groups is 1. The van der Waals surface area contributed by atoms with E-state index in [1.54, 1.807) is 44.3 Å². The number of rotatable bonds is 10. The highest BCUT2D eigenvalue weighted by atomic mass is 31.2. The molecule has 10 heteroatoms. The largest absolute Gasteiger partial charge is 0.359 e. The van der Waals surface area contributed by atoms with Gasteiger partial charge in [-0.15, -0.1) is 0 Å². The maximum Gasteiger partial charge on any atom is 0.359 e. The fraction of sp³-hybridized carbons (Fsp3) is 0.333. The fourth-order valence-corrected chi connectivity index (χ4v) is 5.59. The molecule has 9 nitrogen and oxygen atoms in total. The molecule has 0 saturated carbocycles. The minimum atomic E-state index is -3.81. The maximum atomic E-state index is 13.8. The van der Waals surface area contributed by atoms with Crippen molar-refractivity contribution in [3.8, 4) is 0 Å². The monoisotopic (exact) mass is 441 g/mol. The zero-order valence-corrected chi connectivity index (χ0v) is 18.2. The normalized spacial score (nSPS) is 19.7. The Kier molecular flexibility index (Phi) is 7.60. The van der Waals surface area contributed by atoms with Gasteiger partial charge in [0.2, 0.25) is 5.91 Å². The van der Waals surface area contributed by atoms with Gasteiger partial charge in [-0.05, 0) is 37.1 Å². The van der Waals surface area contributed by atoms with Gasteiger partial charge in [-0.1, -0.05) is 53.7 Å². The van der Waals surface area contributed by atoms with Crippen LogP contribution in [0.2, 0.25) is 0 Å². The molecule has 1 fully saturated rings. The Labute approximate surface area is 180 Å². The Morgan fingerprint density at radius 3 is 2.45 bits per heavy atom. The van der Waals surface area contributed by atoms with Gasteiger partial charge in [0, 0.05) is 11.1 Å². The topological polar surface area (TPSA) is 117 Å². The van der Waals surface area contributed by atoms with Gasteiger partial charge in [0.15, 0.2) is 5.78 Å². The molecular formula is C21H24N5O4P. The van der Waals surface area contributed by atoms with Gasteiger partial charge >= 0.3 is 7.60 Å². The number of carbonyl (C=O) groups is 1. The van der Waals surface area contributed by atoms with Crippen LogP contribution in [0.5, 0.6) is 0 Å². The van der Waals surface area contributed by atoms with Gasteiger partial charge in [-0.25, -0.2) is 0 Å². The van der Waals surface area contributed by atoms with E-state index in [2.05, 4.69) is 15.0 Å². The van der Waals surface area contributed by atoms with Gasteiger partial charge in [0.05, 0.1) is 24.9 Å². The Morgan fingerprint density at radius 2 is 1.87 bits per heavy atom. The number of pyridine rings is 1. The van der Waals surface area contributed by atoms with Crippen LogP contribution < -0.4 is 0 Å². The summed E-state index contributed by atoms with van der Waals surface area (Å²) in [6.07, 6.45) is 5.13. The van der Waals surface area contributed by atoms with Gasteiger partial charge in [0.1, 0.15) is 6.04 Å². The molecule has 0 N–H and O–H groups in total. The molecule has 31 heavy (non-hydrogen) atoms. The molecule has 1 saturated heterocycles. The number of hydrogen-bond donors (Lipinski definition) is 0. The highest BCUT2D eigenvalue weighted by Crippen LogP contribution is 2.63. The van der Waals surface area contributed by atoms with E-state index in [0.717, 1.165) is 5.56 Å². The summed E-state index contributed by atoms with van der Waals surface area (Å²) in [5, 5.41) is 3.65. The average Bonchev–Trinajstić information content (AvgIpc) is 2.79. The molecule has 0 aliphatic carbocycles. The van der Waals surface area contributed by atoms with E-state index in [-0.39, 0.29) is 13.2 Å². The summed E-state index contributed by atoms with van der Waals surface area (Å²) in [5.74, 6) is -1.53. The number of hydrogen-bond acceptors (Lipinski definition) is 6. The average molecular weight is 441 g/mol. The molecule has 0 bridgehead atoms. The second-order valence-corrected chi connectivity index (χ2v) is 8.74. The van der Waals surface area contributed by atoms with Crippen LogP contribution in [0.4, 0.5) is 0 Å². The predicted octanol–water partition coefficient (Wildman–Crippen LogP) is 4.95.